The molecule has 0 radical (unpaired) electrons. The second-order valence-corrected chi connectivity index (χ2v) is 13.2. The average molecular weight is 433 g/mol. The maximum atomic E-state index is 13.3. The number of alkyl halides is 1. The first-order valence-electron chi connectivity index (χ1n) is 12.9. The van der Waals surface area contributed by atoms with Crippen LogP contribution in [0.3, 0.4) is 0 Å². The largest absolute Gasteiger partial charge is 0.299 e. The number of hydrogen-bond acceptors (Lipinski definition) is 1. The molecule has 0 spiro atoms. The van der Waals surface area contributed by atoms with Crippen molar-refractivity contribution >= 4 is 17.4 Å². The zero-order valence-corrected chi connectivity index (χ0v) is 21.0. The van der Waals surface area contributed by atoms with Crippen molar-refractivity contribution in [3.05, 3.63) is 12.2 Å². The molecule has 2 heteroatoms. The molecule has 4 aliphatic rings. The Bertz CT molecular complexity index is 682. The van der Waals surface area contributed by atoms with E-state index in [4.69, 9.17) is 11.6 Å². The quantitative estimate of drug-likeness (QED) is 0.325. The van der Waals surface area contributed by atoms with E-state index in [1.165, 1.54) is 25.7 Å². The molecule has 0 bridgehead atoms. The molecule has 1 nitrogen and oxygen atoms in total. The van der Waals surface area contributed by atoms with Gasteiger partial charge < -0.3 is 0 Å². The third-order valence-corrected chi connectivity index (χ3v) is 11.3. The van der Waals surface area contributed by atoms with E-state index in [9.17, 15) is 4.79 Å². The van der Waals surface area contributed by atoms with Crippen LogP contribution in [0, 0.1) is 58.2 Å². The van der Waals surface area contributed by atoms with Crippen molar-refractivity contribution in [2.45, 2.75) is 98.3 Å². The normalized spacial score (nSPS) is 48.3. The van der Waals surface area contributed by atoms with Crippen LogP contribution in [0.2, 0.25) is 0 Å². The zero-order valence-electron chi connectivity index (χ0n) is 20.3. The van der Waals surface area contributed by atoms with Gasteiger partial charge >= 0.3 is 0 Å². The van der Waals surface area contributed by atoms with Crippen LogP contribution in [-0.2, 0) is 4.79 Å². The number of allylic oxidation sites excluding steroid dienone is 2. The molecule has 10 atom stereocenters. The summed E-state index contributed by atoms with van der Waals surface area (Å²) in [5, 5.41) is 0.217. The molecule has 170 valence electrons. The fourth-order valence-electron chi connectivity index (χ4n) is 8.60. The van der Waals surface area contributed by atoms with Gasteiger partial charge in [-0.25, -0.2) is 0 Å². The Morgan fingerprint density at radius 1 is 0.933 bits per heavy atom. The van der Waals surface area contributed by atoms with Crippen molar-refractivity contribution in [1.82, 2.24) is 0 Å². The summed E-state index contributed by atoms with van der Waals surface area (Å²) < 4.78 is 0. The number of halogens is 1. The van der Waals surface area contributed by atoms with Crippen molar-refractivity contribution in [2.75, 3.05) is 0 Å². The third-order valence-electron chi connectivity index (χ3n) is 10.9. The topological polar surface area (TPSA) is 17.1 Å². The minimum Gasteiger partial charge on any atom is -0.299 e. The number of fused-ring (bicyclic) bond motifs is 5. The average Bonchev–Trinajstić information content (AvgIpc) is 3.04. The highest BCUT2D eigenvalue weighted by Gasteiger charge is 2.62. The molecule has 0 amide bonds. The van der Waals surface area contributed by atoms with Gasteiger partial charge in [-0.1, -0.05) is 53.7 Å². The summed E-state index contributed by atoms with van der Waals surface area (Å²) in [6.07, 6.45) is 14.4. The number of ketones is 1. The van der Waals surface area contributed by atoms with Gasteiger partial charge in [-0.3, -0.25) is 4.79 Å². The standard InChI is InChI=1S/C28H45ClO/c1-17(2)18(3)7-8-19(4)22-9-10-23-21-16-26(30)25-15-20(29)11-13-28(25,6)24(21)12-14-27(22,23)5/h7-8,17-25H,9-16H2,1-6H3/b8-7+/t18-,19+,20-,21-,22+,23-,24-,25+,27+,28+/m0/s1. The predicted molar refractivity (Wildman–Crippen MR) is 128 cm³/mol. The molecule has 0 N–H and O–H groups in total. The predicted octanol–water partition coefficient (Wildman–Crippen LogP) is 7.92. The van der Waals surface area contributed by atoms with Gasteiger partial charge in [0.2, 0.25) is 0 Å². The summed E-state index contributed by atoms with van der Waals surface area (Å²) in [5.74, 6) is 5.68. The van der Waals surface area contributed by atoms with E-state index in [1.54, 1.807) is 0 Å². The SMILES string of the molecule is CC(C)[C@@H](C)/C=C/[C@@H](C)[C@H]1CC[C@H]2[C@@H]3CC(=O)[C@H]4C[C@@H](Cl)CC[C@]4(C)[C@H]3CC[C@]12C. The van der Waals surface area contributed by atoms with Crippen molar-refractivity contribution in [2.24, 2.45) is 58.2 Å². The molecule has 0 heterocycles. The minimum atomic E-state index is 0.211. The van der Waals surface area contributed by atoms with Gasteiger partial charge in [0.15, 0.2) is 0 Å². The van der Waals surface area contributed by atoms with Gasteiger partial charge in [-0.2, -0.15) is 0 Å². The maximum absolute atomic E-state index is 13.3. The molecule has 0 aromatic heterocycles. The lowest BCUT2D eigenvalue weighted by Crippen LogP contribution is -2.56. The Morgan fingerprint density at radius 2 is 1.60 bits per heavy atom. The van der Waals surface area contributed by atoms with Crippen molar-refractivity contribution in [3.63, 3.8) is 0 Å². The van der Waals surface area contributed by atoms with Crippen molar-refractivity contribution in [3.8, 4) is 0 Å². The highest BCUT2D eigenvalue weighted by atomic mass is 35.5. The molecule has 0 aliphatic heterocycles. The molecular weight excluding hydrogens is 388 g/mol. The van der Waals surface area contributed by atoms with Gasteiger partial charge in [-0.05, 0) is 97.2 Å². The van der Waals surface area contributed by atoms with E-state index in [0.717, 1.165) is 43.4 Å². The Labute approximate surface area is 190 Å². The molecule has 0 aromatic rings. The second kappa shape index (κ2) is 8.24. The number of Topliss-reactive ketones (excluding diaryl/α,β-unsaturated/α-hetero) is 1. The molecule has 0 unspecified atom stereocenters. The highest BCUT2D eigenvalue weighted by Crippen LogP contribution is 2.67. The zero-order chi connectivity index (χ0) is 21.8. The summed E-state index contributed by atoms with van der Waals surface area (Å²) in [6, 6.07) is 0. The Balaban J connectivity index is 1.54. The van der Waals surface area contributed by atoms with Crippen LogP contribution in [0.25, 0.3) is 0 Å². The molecule has 0 saturated heterocycles. The van der Waals surface area contributed by atoms with Crippen molar-refractivity contribution < 1.29 is 4.79 Å². The second-order valence-electron chi connectivity index (χ2n) is 12.6. The summed E-state index contributed by atoms with van der Waals surface area (Å²) in [7, 11) is 0. The summed E-state index contributed by atoms with van der Waals surface area (Å²) in [6.45, 7) is 14.5. The minimum absolute atomic E-state index is 0.211. The molecule has 4 fully saturated rings. The van der Waals surface area contributed by atoms with Gasteiger partial charge in [-0.15, -0.1) is 11.6 Å². The summed E-state index contributed by atoms with van der Waals surface area (Å²) in [4.78, 5) is 13.3. The summed E-state index contributed by atoms with van der Waals surface area (Å²) in [5.41, 5.74) is 0.627. The van der Waals surface area contributed by atoms with Gasteiger partial charge in [0.25, 0.3) is 0 Å². The van der Waals surface area contributed by atoms with Crippen molar-refractivity contribution in [1.29, 1.82) is 0 Å². The Kier molecular flexibility index (Phi) is 6.28. The fourth-order valence-corrected chi connectivity index (χ4v) is 8.89. The number of carbonyl (C=O) groups excluding carboxylic acids is 1. The van der Waals surface area contributed by atoms with E-state index in [1.807, 2.05) is 0 Å². The van der Waals surface area contributed by atoms with Crippen LogP contribution in [0.5, 0.6) is 0 Å². The van der Waals surface area contributed by atoms with Crippen LogP contribution < -0.4 is 0 Å². The number of rotatable bonds is 4. The van der Waals surface area contributed by atoms with Crippen LogP contribution >= 0.6 is 11.6 Å². The monoisotopic (exact) mass is 432 g/mol. The van der Waals surface area contributed by atoms with E-state index in [2.05, 4.69) is 53.7 Å². The van der Waals surface area contributed by atoms with E-state index in [0.29, 0.717) is 34.9 Å². The van der Waals surface area contributed by atoms with Crippen LogP contribution in [0.1, 0.15) is 92.9 Å². The fraction of sp³-hybridized carbons (Fsp3) is 0.893. The molecule has 4 aliphatic carbocycles. The Morgan fingerprint density at radius 3 is 2.30 bits per heavy atom. The first-order chi connectivity index (χ1) is 14.1. The molecule has 0 aromatic carbocycles. The smallest absolute Gasteiger partial charge is 0.136 e. The molecule has 4 saturated carbocycles. The van der Waals surface area contributed by atoms with E-state index in [-0.39, 0.29) is 16.7 Å². The number of hydrogen-bond donors (Lipinski definition) is 0. The van der Waals surface area contributed by atoms with Crippen LogP contribution in [-0.4, -0.2) is 11.2 Å². The first-order valence-corrected chi connectivity index (χ1v) is 13.4. The van der Waals surface area contributed by atoms with Gasteiger partial charge in [0.05, 0.1) is 0 Å². The van der Waals surface area contributed by atoms with Crippen LogP contribution in [0.4, 0.5) is 0 Å². The molecular formula is C28H45ClO. The third kappa shape index (κ3) is 3.64. The summed E-state index contributed by atoms with van der Waals surface area (Å²) >= 11 is 6.52. The van der Waals surface area contributed by atoms with Crippen LogP contribution in [0.15, 0.2) is 12.2 Å². The maximum Gasteiger partial charge on any atom is 0.136 e. The number of carbonyl (C=O) groups is 1. The lowest BCUT2D eigenvalue weighted by Gasteiger charge is -2.60. The highest BCUT2D eigenvalue weighted by molar-refractivity contribution is 6.20. The van der Waals surface area contributed by atoms with Gasteiger partial charge in [0.1, 0.15) is 5.78 Å². The molecule has 30 heavy (non-hydrogen) atoms. The Hall–Kier alpha value is -0.300. The lowest BCUT2D eigenvalue weighted by atomic mass is 9.44. The van der Waals surface area contributed by atoms with E-state index < -0.39 is 0 Å². The van der Waals surface area contributed by atoms with E-state index >= 15 is 0 Å². The lowest BCUT2D eigenvalue weighted by molar-refractivity contribution is -0.153. The first kappa shape index (κ1) is 22.9. The van der Waals surface area contributed by atoms with Gasteiger partial charge in [0, 0.05) is 17.7 Å². The molecule has 4 rings (SSSR count).